The van der Waals surface area contributed by atoms with Crippen LogP contribution in [0.25, 0.3) is 11.2 Å². The summed E-state index contributed by atoms with van der Waals surface area (Å²) >= 11 is 0. The number of rotatable bonds is 3. The normalized spacial score (nSPS) is 28.5. The van der Waals surface area contributed by atoms with Gasteiger partial charge in [-0.3, -0.25) is 9.38 Å². The van der Waals surface area contributed by atoms with Gasteiger partial charge in [-0.2, -0.15) is 0 Å². The SMILES string of the molecule is CC1(C)C2CC=C(c3nc4cnccn4c3NC3CCCCC3)C1C2. The van der Waals surface area contributed by atoms with Gasteiger partial charge in [-0.25, -0.2) is 4.98 Å². The van der Waals surface area contributed by atoms with E-state index in [4.69, 9.17) is 4.98 Å². The molecule has 2 atom stereocenters. The Hall–Kier alpha value is -1.84. The van der Waals surface area contributed by atoms with Crippen molar-refractivity contribution in [3.63, 3.8) is 0 Å². The highest BCUT2D eigenvalue weighted by Crippen LogP contribution is 2.61. The lowest BCUT2D eigenvalue weighted by Crippen LogP contribution is -2.47. The van der Waals surface area contributed by atoms with Crippen LogP contribution in [0, 0.1) is 17.3 Å². The Morgan fingerprint density at radius 3 is 2.80 bits per heavy atom. The fraction of sp³-hybridized carbons (Fsp3) is 0.619. The van der Waals surface area contributed by atoms with Crippen molar-refractivity contribution in [3.05, 3.63) is 30.4 Å². The van der Waals surface area contributed by atoms with E-state index in [9.17, 15) is 0 Å². The Morgan fingerprint density at radius 1 is 1.20 bits per heavy atom. The molecule has 2 unspecified atom stereocenters. The average molecular weight is 336 g/mol. The molecular formula is C21H28N4. The molecule has 25 heavy (non-hydrogen) atoms. The monoisotopic (exact) mass is 336 g/mol. The van der Waals surface area contributed by atoms with E-state index in [0.29, 0.717) is 17.4 Å². The zero-order chi connectivity index (χ0) is 17.0. The van der Waals surface area contributed by atoms with Gasteiger partial charge in [-0.15, -0.1) is 0 Å². The van der Waals surface area contributed by atoms with Crippen molar-refractivity contribution in [2.75, 3.05) is 5.32 Å². The topological polar surface area (TPSA) is 42.2 Å². The third-order valence-corrected chi connectivity index (χ3v) is 7.12. The summed E-state index contributed by atoms with van der Waals surface area (Å²) < 4.78 is 2.20. The quantitative estimate of drug-likeness (QED) is 0.865. The van der Waals surface area contributed by atoms with E-state index < -0.39 is 0 Å². The van der Waals surface area contributed by atoms with Crippen molar-refractivity contribution in [1.29, 1.82) is 0 Å². The van der Waals surface area contributed by atoms with Crippen LogP contribution in [0.3, 0.4) is 0 Å². The molecule has 2 aromatic rings. The highest BCUT2D eigenvalue weighted by molar-refractivity contribution is 5.78. The number of hydrogen-bond donors (Lipinski definition) is 1. The van der Waals surface area contributed by atoms with E-state index in [0.717, 1.165) is 11.6 Å². The summed E-state index contributed by atoms with van der Waals surface area (Å²) in [5, 5.41) is 3.87. The first-order valence-electron chi connectivity index (χ1n) is 9.93. The van der Waals surface area contributed by atoms with E-state index in [1.165, 1.54) is 62.0 Å². The average Bonchev–Trinajstić information content (AvgIpc) is 3.01. The van der Waals surface area contributed by atoms with Crippen LogP contribution in [-0.4, -0.2) is 20.4 Å². The number of nitrogens with zero attached hydrogens (tertiary/aromatic N) is 3. The van der Waals surface area contributed by atoms with Gasteiger partial charge in [-0.1, -0.05) is 39.2 Å². The minimum Gasteiger partial charge on any atom is -0.367 e. The van der Waals surface area contributed by atoms with Crippen LogP contribution in [0.1, 0.15) is 64.5 Å². The number of fused-ring (bicyclic) bond motifs is 2. The Bertz CT molecular complexity index is 826. The van der Waals surface area contributed by atoms with E-state index >= 15 is 0 Å². The van der Waals surface area contributed by atoms with Crippen LogP contribution < -0.4 is 5.32 Å². The van der Waals surface area contributed by atoms with Gasteiger partial charge in [0.1, 0.15) is 11.5 Å². The molecule has 0 aliphatic heterocycles. The molecule has 4 aliphatic carbocycles. The molecular weight excluding hydrogens is 308 g/mol. The summed E-state index contributed by atoms with van der Waals surface area (Å²) in [7, 11) is 0. The van der Waals surface area contributed by atoms with E-state index in [2.05, 4.69) is 40.8 Å². The van der Waals surface area contributed by atoms with Crippen molar-refractivity contribution in [1.82, 2.24) is 14.4 Å². The summed E-state index contributed by atoms with van der Waals surface area (Å²) in [6.07, 6.45) is 17.4. The van der Waals surface area contributed by atoms with Crippen LogP contribution in [0.5, 0.6) is 0 Å². The van der Waals surface area contributed by atoms with Crippen LogP contribution in [-0.2, 0) is 0 Å². The first-order valence-corrected chi connectivity index (χ1v) is 9.93. The molecule has 2 fully saturated rings. The first-order chi connectivity index (χ1) is 12.1. The number of hydrogen-bond acceptors (Lipinski definition) is 3. The zero-order valence-corrected chi connectivity index (χ0v) is 15.3. The summed E-state index contributed by atoms with van der Waals surface area (Å²) in [6.45, 7) is 4.87. The maximum absolute atomic E-state index is 5.01. The van der Waals surface area contributed by atoms with Gasteiger partial charge >= 0.3 is 0 Å². The Morgan fingerprint density at radius 2 is 2.04 bits per heavy atom. The molecule has 2 bridgehead atoms. The lowest BCUT2D eigenvalue weighted by atomic mass is 9.48. The number of aromatic nitrogens is 3. The van der Waals surface area contributed by atoms with Gasteiger partial charge < -0.3 is 5.32 Å². The Labute approximate surface area is 149 Å². The van der Waals surface area contributed by atoms with Gasteiger partial charge in [0.15, 0.2) is 5.65 Å². The second-order valence-corrected chi connectivity index (χ2v) is 8.79. The molecule has 4 aliphatic rings. The van der Waals surface area contributed by atoms with Crippen LogP contribution in [0.15, 0.2) is 24.7 Å². The fourth-order valence-corrected chi connectivity index (χ4v) is 5.30. The second-order valence-electron chi connectivity index (χ2n) is 8.79. The van der Waals surface area contributed by atoms with Crippen molar-refractivity contribution in [2.45, 2.75) is 64.8 Å². The summed E-state index contributed by atoms with van der Waals surface area (Å²) in [4.78, 5) is 9.30. The molecule has 2 heterocycles. The third-order valence-electron chi connectivity index (χ3n) is 7.12. The maximum atomic E-state index is 5.01. The van der Waals surface area contributed by atoms with Gasteiger partial charge in [0, 0.05) is 18.4 Å². The summed E-state index contributed by atoms with van der Waals surface area (Å²) in [5.41, 5.74) is 4.01. The molecule has 6 rings (SSSR count). The molecule has 0 spiro atoms. The van der Waals surface area contributed by atoms with Gasteiger partial charge in [-0.05, 0) is 48.5 Å². The van der Waals surface area contributed by atoms with E-state index in [1.54, 1.807) is 0 Å². The number of allylic oxidation sites excluding steroid dienone is 2. The maximum Gasteiger partial charge on any atom is 0.157 e. The Kier molecular flexibility index (Phi) is 3.44. The van der Waals surface area contributed by atoms with Gasteiger partial charge in [0.2, 0.25) is 0 Å². The first kappa shape index (κ1) is 15.4. The number of anilines is 1. The molecule has 2 saturated carbocycles. The van der Waals surface area contributed by atoms with E-state index in [1.807, 2.05) is 12.4 Å². The zero-order valence-electron chi connectivity index (χ0n) is 15.3. The smallest absolute Gasteiger partial charge is 0.157 e. The molecule has 4 nitrogen and oxygen atoms in total. The molecule has 1 N–H and O–H groups in total. The minimum atomic E-state index is 0.417. The van der Waals surface area contributed by atoms with Crippen molar-refractivity contribution in [3.8, 4) is 0 Å². The highest BCUT2D eigenvalue weighted by Gasteiger charge is 2.52. The minimum absolute atomic E-state index is 0.417. The van der Waals surface area contributed by atoms with Gasteiger partial charge in [0.25, 0.3) is 0 Å². The summed E-state index contributed by atoms with van der Waals surface area (Å²) in [6, 6.07) is 0.576. The third kappa shape index (κ3) is 2.33. The second kappa shape index (κ2) is 5.58. The summed E-state index contributed by atoms with van der Waals surface area (Å²) in [5.74, 6) is 2.70. The molecule has 0 aromatic carbocycles. The fourth-order valence-electron chi connectivity index (χ4n) is 5.30. The van der Waals surface area contributed by atoms with Gasteiger partial charge in [0.05, 0.1) is 6.20 Å². The number of nitrogens with one attached hydrogen (secondary N) is 1. The number of imidazole rings is 1. The lowest BCUT2D eigenvalue weighted by molar-refractivity contribution is 0.0111. The molecule has 0 saturated heterocycles. The molecule has 4 heteroatoms. The van der Waals surface area contributed by atoms with E-state index in [-0.39, 0.29) is 0 Å². The van der Waals surface area contributed by atoms with Crippen LogP contribution >= 0.6 is 0 Å². The molecule has 132 valence electrons. The lowest BCUT2D eigenvalue weighted by Gasteiger charge is -2.56. The van der Waals surface area contributed by atoms with Crippen molar-refractivity contribution in [2.24, 2.45) is 17.3 Å². The Balaban J connectivity index is 1.58. The standard InChI is InChI=1S/C21H28N4/c1-21(2)14-8-9-16(17(21)12-14)19-20(23-15-6-4-3-5-7-15)25-11-10-22-13-18(25)24-19/h9-11,13-15,17,23H,3-8,12H2,1-2H3. The van der Waals surface area contributed by atoms with Crippen molar-refractivity contribution >= 4 is 17.0 Å². The predicted molar refractivity (Wildman–Crippen MR) is 101 cm³/mol. The largest absolute Gasteiger partial charge is 0.367 e. The van der Waals surface area contributed by atoms with Crippen LogP contribution in [0.4, 0.5) is 5.82 Å². The molecule has 0 amide bonds. The van der Waals surface area contributed by atoms with Crippen molar-refractivity contribution < 1.29 is 0 Å². The highest BCUT2D eigenvalue weighted by atomic mass is 15.2. The molecule has 0 radical (unpaired) electrons. The predicted octanol–water partition coefficient (Wildman–Crippen LogP) is 4.92. The molecule has 2 aromatic heterocycles. The van der Waals surface area contributed by atoms with Crippen LogP contribution in [0.2, 0.25) is 0 Å².